The second-order valence-electron chi connectivity index (χ2n) is 7.20. The van der Waals surface area contributed by atoms with E-state index in [2.05, 4.69) is 12.2 Å². The molecule has 1 N–H and O–H groups in total. The number of nitrogens with one attached hydrogen (secondary N) is 1. The van der Waals surface area contributed by atoms with Crippen molar-refractivity contribution in [3.8, 4) is 5.75 Å². The minimum absolute atomic E-state index is 0.103. The van der Waals surface area contributed by atoms with E-state index in [9.17, 15) is 9.59 Å². The zero-order valence-corrected chi connectivity index (χ0v) is 17.7. The van der Waals surface area contributed by atoms with Crippen molar-refractivity contribution in [3.05, 3.63) is 65.7 Å². The molecule has 0 spiro atoms. The summed E-state index contributed by atoms with van der Waals surface area (Å²) in [6.07, 6.45) is 3.60. The average molecular weight is 397 g/mol. The zero-order chi connectivity index (χ0) is 21.1. The number of carbonyl (C=O) groups excluding carboxylic acids is 2. The van der Waals surface area contributed by atoms with Crippen molar-refractivity contribution in [1.82, 2.24) is 10.2 Å². The van der Waals surface area contributed by atoms with Gasteiger partial charge in [-0.05, 0) is 29.7 Å². The molecule has 5 heteroatoms. The number of benzene rings is 2. The lowest BCUT2D eigenvalue weighted by Crippen LogP contribution is -2.50. The molecule has 0 heterocycles. The first-order chi connectivity index (χ1) is 14.0. The monoisotopic (exact) mass is 396 g/mol. The first-order valence-corrected chi connectivity index (χ1v) is 10.3. The van der Waals surface area contributed by atoms with Crippen molar-refractivity contribution >= 4 is 11.8 Å². The maximum absolute atomic E-state index is 13.0. The Hall–Kier alpha value is -2.82. The van der Waals surface area contributed by atoms with Crippen molar-refractivity contribution in [3.63, 3.8) is 0 Å². The molecule has 2 aromatic rings. The van der Waals surface area contributed by atoms with Gasteiger partial charge in [-0.1, -0.05) is 62.2 Å². The normalized spacial score (nSPS) is 11.6. The summed E-state index contributed by atoms with van der Waals surface area (Å²) in [6.45, 7) is 4.66. The first-order valence-electron chi connectivity index (χ1n) is 10.3. The molecule has 0 saturated carbocycles. The van der Waals surface area contributed by atoms with Gasteiger partial charge < -0.3 is 15.0 Å². The first kappa shape index (κ1) is 22.5. The van der Waals surface area contributed by atoms with Gasteiger partial charge in [0.15, 0.2) is 0 Å². The van der Waals surface area contributed by atoms with Crippen LogP contribution in [0.1, 0.15) is 44.2 Å². The Morgan fingerprint density at radius 2 is 1.69 bits per heavy atom. The molecule has 0 bridgehead atoms. The summed E-state index contributed by atoms with van der Waals surface area (Å²) in [5, 5.41) is 3.02. The number of carbonyl (C=O) groups is 2. The SMILES string of the molecule is CCCCCNC(=O)[C@H](Cc1ccccc1)N(Cc1ccc(OC)cc1)C(C)=O. The number of nitrogens with zero attached hydrogens (tertiary/aromatic N) is 1. The van der Waals surface area contributed by atoms with Gasteiger partial charge in [0.05, 0.1) is 7.11 Å². The molecule has 0 fully saturated rings. The molecule has 0 radical (unpaired) electrons. The molecule has 0 aromatic heterocycles. The standard InChI is InChI=1S/C24H32N2O3/c1-4-5-9-16-25-24(28)23(17-20-10-7-6-8-11-20)26(19(2)27)18-21-12-14-22(29-3)15-13-21/h6-8,10-15,23H,4-5,9,16-18H2,1-3H3,(H,25,28)/t23-/m0/s1. The van der Waals surface area contributed by atoms with Crippen molar-refractivity contribution in [2.24, 2.45) is 0 Å². The second-order valence-corrected chi connectivity index (χ2v) is 7.20. The van der Waals surface area contributed by atoms with Crippen LogP contribution in [-0.2, 0) is 22.6 Å². The highest BCUT2D eigenvalue weighted by molar-refractivity contribution is 5.87. The van der Waals surface area contributed by atoms with Crippen LogP contribution in [0, 0.1) is 0 Å². The van der Waals surface area contributed by atoms with E-state index in [1.54, 1.807) is 12.0 Å². The third-order valence-corrected chi connectivity index (χ3v) is 4.95. The van der Waals surface area contributed by atoms with Crippen LogP contribution in [0.3, 0.4) is 0 Å². The minimum Gasteiger partial charge on any atom is -0.497 e. The van der Waals surface area contributed by atoms with Gasteiger partial charge in [-0.15, -0.1) is 0 Å². The summed E-state index contributed by atoms with van der Waals surface area (Å²) in [6, 6.07) is 16.9. The number of unbranched alkanes of at least 4 members (excludes halogenated alkanes) is 2. The molecule has 29 heavy (non-hydrogen) atoms. The van der Waals surface area contributed by atoms with Crippen LogP contribution in [0.15, 0.2) is 54.6 Å². The number of hydrogen-bond acceptors (Lipinski definition) is 3. The number of rotatable bonds is 11. The smallest absolute Gasteiger partial charge is 0.243 e. The number of ether oxygens (including phenoxy) is 1. The van der Waals surface area contributed by atoms with Gasteiger partial charge in [-0.3, -0.25) is 9.59 Å². The second kappa shape index (κ2) is 11.9. The molecular weight excluding hydrogens is 364 g/mol. The van der Waals surface area contributed by atoms with Crippen molar-refractivity contribution in [1.29, 1.82) is 0 Å². The fraction of sp³-hybridized carbons (Fsp3) is 0.417. The molecule has 2 rings (SSSR count). The Labute approximate surface area is 174 Å². The predicted molar refractivity (Wildman–Crippen MR) is 116 cm³/mol. The van der Waals surface area contributed by atoms with Crippen LogP contribution >= 0.6 is 0 Å². The lowest BCUT2D eigenvalue weighted by Gasteiger charge is -2.30. The summed E-state index contributed by atoms with van der Waals surface area (Å²) >= 11 is 0. The zero-order valence-electron chi connectivity index (χ0n) is 17.7. The molecule has 1 atom stereocenters. The van der Waals surface area contributed by atoms with Crippen LogP contribution in [0.5, 0.6) is 5.75 Å². The fourth-order valence-electron chi connectivity index (χ4n) is 3.25. The van der Waals surface area contributed by atoms with E-state index in [0.29, 0.717) is 19.5 Å². The van der Waals surface area contributed by atoms with Gasteiger partial charge in [0, 0.05) is 26.4 Å². The molecular formula is C24H32N2O3. The molecule has 0 aliphatic heterocycles. The van der Waals surface area contributed by atoms with Crippen LogP contribution in [0.2, 0.25) is 0 Å². The number of methoxy groups -OCH3 is 1. The van der Waals surface area contributed by atoms with Gasteiger partial charge in [0.1, 0.15) is 11.8 Å². The third kappa shape index (κ3) is 7.26. The topological polar surface area (TPSA) is 58.6 Å². The van der Waals surface area contributed by atoms with Gasteiger partial charge in [0.2, 0.25) is 11.8 Å². The molecule has 156 valence electrons. The summed E-state index contributed by atoms with van der Waals surface area (Å²) in [4.78, 5) is 27.2. The number of hydrogen-bond donors (Lipinski definition) is 1. The highest BCUT2D eigenvalue weighted by Gasteiger charge is 2.28. The lowest BCUT2D eigenvalue weighted by molar-refractivity contribution is -0.139. The van der Waals surface area contributed by atoms with Crippen molar-refractivity contribution in [2.75, 3.05) is 13.7 Å². The fourth-order valence-corrected chi connectivity index (χ4v) is 3.25. The summed E-state index contributed by atoms with van der Waals surface area (Å²) < 4.78 is 5.21. The minimum atomic E-state index is -0.557. The molecule has 0 aliphatic rings. The van der Waals surface area contributed by atoms with Crippen LogP contribution in [0.4, 0.5) is 0 Å². The molecule has 0 unspecified atom stereocenters. The quantitative estimate of drug-likeness (QED) is 0.585. The Balaban J connectivity index is 2.20. The molecule has 2 aromatic carbocycles. The van der Waals surface area contributed by atoms with E-state index in [0.717, 1.165) is 36.1 Å². The van der Waals surface area contributed by atoms with Crippen LogP contribution in [-0.4, -0.2) is 36.4 Å². The van der Waals surface area contributed by atoms with Gasteiger partial charge in [-0.2, -0.15) is 0 Å². The summed E-state index contributed by atoms with van der Waals surface area (Å²) in [5.41, 5.74) is 1.99. The Bertz CT molecular complexity index is 759. The molecule has 5 nitrogen and oxygen atoms in total. The van der Waals surface area contributed by atoms with E-state index in [4.69, 9.17) is 4.74 Å². The lowest BCUT2D eigenvalue weighted by atomic mass is 10.0. The number of amides is 2. The Morgan fingerprint density at radius 1 is 1.00 bits per heavy atom. The van der Waals surface area contributed by atoms with Crippen LogP contribution < -0.4 is 10.1 Å². The Kier molecular flexibility index (Phi) is 9.22. The summed E-state index contributed by atoms with van der Waals surface area (Å²) in [5.74, 6) is 0.539. The maximum Gasteiger partial charge on any atom is 0.243 e. The van der Waals surface area contributed by atoms with Gasteiger partial charge in [-0.25, -0.2) is 0 Å². The average Bonchev–Trinajstić information content (AvgIpc) is 2.74. The van der Waals surface area contributed by atoms with Gasteiger partial charge in [0.25, 0.3) is 0 Å². The van der Waals surface area contributed by atoms with Crippen molar-refractivity contribution in [2.45, 2.75) is 52.1 Å². The third-order valence-electron chi connectivity index (χ3n) is 4.95. The van der Waals surface area contributed by atoms with Crippen LogP contribution in [0.25, 0.3) is 0 Å². The molecule has 0 aliphatic carbocycles. The van der Waals surface area contributed by atoms with Gasteiger partial charge >= 0.3 is 0 Å². The Morgan fingerprint density at radius 3 is 2.28 bits per heavy atom. The largest absolute Gasteiger partial charge is 0.497 e. The maximum atomic E-state index is 13.0. The predicted octanol–water partition coefficient (Wildman–Crippen LogP) is 3.96. The summed E-state index contributed by atoms with van der Waals surface area (Å²) in [7, 11) is 1.62. The van der Waals surface area contributed by atoms with E-state index >= 15 is 0 Å². The highest BCUT2D eigenvalue weighted by Crippen LogP contribution is 2.17. The van der Waals surface area contributed by atoms with E-state index in [1.807, 2.05) is 54.6 Å². The van der Waals surface area contributed by atoms with E-state index in [-0.39, 0.29) is 11.8 Å². The van der Waals surface area contributed by atoms with E-state index < -0.39 is 6.04 Å². The molecule has 2 amide bonds. The molecule has 0 saturated heterocycles. The highest BCUT2D eigenvalue weighted by atomic mass is 16.5. The van der Waals surface area contributed by atoms with E-state index in [1.165, 1.54) is 6.92 Å². The van der Waals surface area contributed by atoms with Crippen molar-refractivity contribution < 1.29 is 14.3 Å².